The predicted octanol–water partition coefficient (Wildman–Crippen LogP) is 4.39. The Labute approximate surface area is 131 Å². The molecule has 1 aromatic heterocycles. The van der Waals surface area contributed by atoms with E-state index in [1.165, 1.54) is 0 Å². The van der Waals surface area contributed by atoms with E-state index in [9.17, 15) is 0 Å². The molecule has 1 N–H and O–H groups in total. The van der Waals surface area contributed by atoms with Crippen molar-refractivity contribution in [3.63, 3.8) is 0 Å². The van der Waals surface area contributed by atoms with Crippen molar-refractivity contribution < 1.29 is 0 Å². The van der Waals surface area contributed by atoms with Crippen LogP contribution in [0, 0.1) is 11.3 Å². The van der Waals surface area contributed by atoms with E-state index in [0.717, 1.165) is 34.2 Å². The van der Waals surface area contributed by atoms with Crippen molar-refractivity contribution in [2.24, 2.45) is 0 Å². The van der Waals surface area contributed by atoms with Gasteiger partial charge in [-0.15, -0.1) is 0 Å². The van der Waals surface area contributed by atoms with Crippen LogP contribution >= 0.6 is 15.9 Å². The van der Waals surface area contributed by atoms with E-state index in [0.29, 0.717) is 5.56 Å². The van der Waals surface area contributed by atoms with Gasteiger partial charge in [0, 0.05) is 40.3 Å². The normalized spacial score (nSPS) is 10.5. The van der Waals surface area contributed by atoms with Crippen molar-refractivity contribution in [1.29, 1.82) is 5.26 Å². The molecule has 104 valence electrons. The Bertz CT molecular complexity index is 814. The summed E-state index contributed by atoms with van der Waals surface area (Å²) in [6.07, 6.45) is 2.06. The molecule has 0 saturated carbocycles. The van der Waals surface area contributed by atoms with Crippen molar-refractivity contribution in [2.45, 2.75) is 6.54 Å². The highest BCUT2D eigenvalue weighted by molar-refractivity contribution is 9.10. The number of benzene rings is 2. The quantitative estimate of drug-likeness (QED) is 0.765. The third kappa shape index (κ3) is 2.93. The van der Waals surface area contributed by atoms with Gasteiger partial charge in [-0.25, -0.2) is 0 Å². The van der Waals surface area contributed by atoms with Crippen molar-refractivity contribution in [3.05, 3.63) is 64.8 Å². The summed E-state index contributed by atoms with van der Waals surface area (Å²) in [6.45, 7) is 1.71. The first kappa shape index (κ1) is 13.7. The smallest absolute Gasteiger partial charge is 0.0991 e. The van der Waals surface area contributed by atoms with Crippen LogP contribution in [0.25, 0.3) is 10.9 Å². The second-order valence-electron chi connectivity index (χ2n) is 4.80. The van der Waals surface area contributed by atoms with Crippen LogP contribution in [0.3, 0.4) is 0 Å². The molecule has 0 spiro atoms. The third-order valence-electron chi connectivity index (χ3n) is 3.44. The molecule has 3 rings (SSSR count). The van der Waals surface area contributed by atoms with E-state index in [-0.39, 0.29) is 0 Å². The second kappa shape index (κ2) is 6.02. The summed E-state index contributed by atoms with van der Waals surface area (Å²) in [4.78, 5) is 0. The molecule has 0 unspecified atom stereocenters. The maximum absolute atomic E-state index is 8.93. The summed E-state index contributed by atoms with van der Waals surface area (Å²) in [5, 5.41) is 13.5. The molecule has 4 heteroatoms. The fraction of sp³-hybridized carbons (Fsp3) is 0.118. The minimum Gasteiger partial charge on any atom is -0.382 e. The van der Waals surface area contributed by atoms with Gasteiger partial charge in [-0.2, -0.15) is 5.26 Å². The summed E-state index contributed by atoms with van der Waals surface area (Å²) in [7, 11) is 0. The maximum Gasteiger partial charge on any atom is 0.0991 e. The van der Waals surface area contributed by atoms with Crippen LogP contribution in [-0.4, -0.2) is 11.1 Å². The van der Waals surface area contributed by atoms with Gasteiger partial charge in [0.25, 0.3) is 0 Å². The molecule has 0 aliphatic rings. The minimum absolute atomic E-state index is 0.701. The monoisotopic (exact) mass is 339 g/mol. The molecule has 3 aromatic rings. The molecule has 2 aromatic carbocycles. The lowest BCUT2D eigenvalue weighted by atomic mass is 10.2. The number of aromatic nitrogens is 1. The number of rotatable bonds is 4. The zero-order valence-electron chi connectivity index (χ0n) is 11.4. The van der Waals surface area contributed by atoms with E-state index >= 15 is 0 Å². The van der Waals surface area contributed by atoms with Gasteiger partial charge in [0.1, 0.15) is 0 Å². The third-order valence-corrected chi connectivity index (χ3v) is 4.13. The Morgan fingerprint density at radius 3 is 2.81 bits per heavy atom. The number of hydrogen-bond acceptors (Lipinski definition) is 2. The summed E-state index contributed by atoms with van der Waals surface area (Å²) in [5.74, 6) is 0. The molecule has 21 heavy (non-hydrogen) atoms. The fourth-order valence-electron chi connectivity index (χ4n) is 2.38. The first-order chi connectivity index (χ1) is 10.3. The maximum atomic E-state index is 8.93. The molecule has 0 bridgehead atoms. The van der Waals surface area contributed by atoms with Gasteiger partial charge >= 0.3 is 0 Å². The molecule has 0 saturated heterocycles. The Morgan fingerprint density at radius 2 is 2.00 bits per heavy atom. The number of para-hydroxylation sites is 1. The van der Waals surface area contributed by atoms with Crippen molar-refractivity contribution in [3.8, 4) is 6.07 Å². The van der Waals surface area contributed by atoms with E-state index in [1.54, 1.807) is 0 Å². The first-order valence-corrected chi connectivity index (χ1v) is 7.54. The molecule has 0 amide bonds. The van der Waals surface area contributed by atoms with E-state index in [1.807, 2.05) is 36.4 Å². The van der Waals surface area contributed by atoms with Crippen LogP contribution in [0.15, 0.2) is 59.2 Å². The zero-order chi connectivity index (χ0) is 14.7. The van der Waals surface area contributed by atoms with Crippen molar-refractivity contribution >= 4 is 32.5 Å². The molecule has 3 nitrogen and oxygen atoms in total. The molecule has 0 fully saturated rings. The summed E-state index contributed by atoms with van der Waals surface area (Å²) >= 11 is 3.53. The van der Waals surface area contributed by atoms with Crippen LogP contribution in [0.4, 0.5) is 5.69 Å². The van der Waals surface area contributed by atoms with Gasteiger partial charge in [-0.05, 0) is 52.3 Å². The van der Waals surface area contributed by atoms with Crippen LogP contribution in [0.2, 0.25) is 0 Å². The lowest BCUT2D eigenvalue weighted by Crippen LogP contribution is -2.09. The van der Waals surface area contributed by atoms with Crippen molar-refractivity contribution in [1.82, 2.24) is 4.57 Å². The molecule has 0 radical (unpaired) electrons. The van der Waals surface area contributed by atoms with Gasteiger partial charge in [0.2, 0.25) is 0 Å². The Morgan fingerprint density at radius 1 is 1.14 bits per heavy atom. The Kier molecular flexibility index (Phi) is 3.94. The molecular weight excluding hydrogens is 326 g/mol. The van der Waals surface area contributed by atoms with Gasteiger partial charge in [0.05, 0.1) is 11.6 Å². The first-order valence-electron chi connectivity index (χ1n) is 6.75. The summed E-state index contributed by atoms with van der Waals surface area (Å²) in [5.41, 5.74) is 2.95. The Hall–Kier alpha value is -2.25. The van der Waals surface area contributed by atoms with Gasteiger partial charge in [-0.3, -0.25) is 0 Å². The number of nitriles is 1. The topological polar surface area (TPSA) is 40.8 Å². The highest BCUT2D eigenvalue weighted by atomic mass is 79.9. The van der Waals surface area contributed by atoms with E-state index in [4.69, 9.17) is 5.26 Å². The SMILES string of the molecule is N#Cc1ccc2c(ccn2CCNc2ccccc2Br)c1. The highest BCUT2D eigenvalue weighted by Crippen LogP contribution is 2.21. The number of anilines is 1. The lowest BCUT2D eigenvalue weighted by Gasteiger charge is -2.10. The standard InChI is InChI=1S/C17H14BrN3/c18-15-3-1-2-4-16(15)20-8-10-21-9-7-14-11-13(12-19)5-6-17(14)21/h1-7,9,11,20H,8,10H2. The highest BCUT2D eigenvalue weighted by Gasteiger charge is 2.02. The molecule has 0 aliphatic heterocycles. The van der Waals surface area contributed by atoms with Crippen LogP contribution < -0.4 is 5.32 Å². The number of fused-ring (bicyclic) bond motifs is 1. The molecule has 0 aliphatic carbocycles. The largest absolute Gasteiger partial charge is 0.382 e. The van der Waals surface area contributed by atoms with Gasteiger partial charge < -0.3 is 9.88 Å². The number of hydrogen-bond donors (Lipinski definition) is 1. The molecular formula is C17H14BrN3. The van der Waals surface area contributed by atoms with Crippen LogP contribution in [0.1, 0.15) is 5.56 Å². The van der Waals surface area contributed by atoms with Crippen LogP contribution in [-0.2, 0) is 6.54 Å². The van der Waals surface area contributed by atoms with Crippen LogP contribution in [0.5, 0.6) is 0 Å². The number of nitrogens with one attached hydrogen (secondary N) is 1. The molecule has 0 atom stereocenters. The minimum atomic E-state index is 0.701. The van der Waals surface area contributed by atoms with Gasteiger partial charge in [-0.1, -0.05) is 12.1 Å². The molecule has 1 heterocycles. The van der Waals surface area contributed by atoms with Crippen molar-refractivity contribution in [2.75, 3.05) is 11.9 Å². The average molecular weight is 340 g/mol. The van der Waals surface area contributed by atoms with E-state index < -0.39 is 0 Å². The second-order valence-corrected chi connectivity index (χ2v) is 5.66. The summed E-state index contributed by atoms with van der Waals surface area (Å²) in [6, 6.07) is 18.1. The lowest BCUT2D eigenvalue weighted by molar-refractivity contribution is 0.757. The Balaban J connectivity index is 1.71. The predicted molar refractivity (Wildman–Crippen MR) is 89.3 cm³/mol. The van der Waals surface area contributed by atoms with Gasteiger partial charge in [0.15, 0.2) is 0 Å². The average Bonchev–Trinajstić information content (AvgIpc) is 2.91. The van der Waals surface area contributed by atoms with E-state index in [2.05, 4.69) is 50.2 Å². The summed E-state index contributed by atoms with van der Waals surface area (Å²) < 4.78 is 3.27. The zero-order valence-corrected chi connectivity index (χ0v) is 13.0. The number of nitrogens with zero attached hydrogens (tertiary/aromatic N) is 2. The number of halogens is 1. The fourth-order valence-corrected chi connectivity index (χ4v) is 2.81.